The number of hydrogen-bond acceptors (Lipinski definition) is 6. The van der Waals surface area contributed by atoms with Gasteiger partial charge in [-0.15, -0.1) is 23.1 Å². The van der Waals surface area contributed by atoms with Crippen molar-refractivity contribution in [3.8, 4) is 0 Å². The summed E-state index contributed by atoms with van der Waals surface area (Å²) in [7, 11) is 0. The molecule has 174 valence electrons. The monoisotopic (exact) mass is 469 g/mol. The van der Waals surface area contributed by atoms with Crippen LogP contribution in [0.4, 0.5) is 0 Å². The molecule has 9 heteroatoms. The molecule has 7 nitrogen and oxygen atoms in total. The van der Waals surface area contributed by atoms with Crippen LogP contribution in [0.15, 0.2) is 21.7 Å². The summed E-state index contributed by atoms with van der Waals surface area (Å²) in [4.78, 5) is 38.8. The first-order valence-corrected chi connectivity index (χ1v) is 12.6. The molecule has 4 N–H and O–H groups in total. The molecule has 0 aliphatic heterocycles. The minimum absolute atomic E-state index is 0.157. The van der Waals surface area contributed by atoms with E-state index in [-0.39, 0.29) is 23.8 Å². The molecule has 0 unspecified atom stereocenters. The number of carbonyl (C=O) groups excluding carboxylic acids is 3. The van der Waals surface area contributed by atoms with Gasteiger partial charge in [-0.05, 0) is 42.0 Å². The molecule has 2 rings (SSSR count). The third-order valence-electron chi connectivity index (χ3n) is 5.23. The number of thioether (sulfide) groups is 1. The van der Waals surface area contributed by atoms with Crippen LogP contribution < -0.4 is 16.1 Å². The molecule has 0 spiro atoms. The number of amides is 3. The molecule has 31 heavy (non-hydrogen) atoms. The largest absolute Gasteiger partial charge is 0.352 e. The van der Waals surface area contributed by atoms with Gasteiger partial charge in [0.1, 0.15) is 6.04 Å². The summed E-state index contributed by atoms with van der Waals surface area (Å²) in [5, 5.41) is 17.2. The molecular formula is C22H35N3O4S2. The molecule has 0 aromatic carbocycles. The fourth-order valence-corrected chi connectivity index (χ4v) is 5.37. The zero-order valence-corrected chi connectivity index (χ0v) is 20.6. The van der Waals surface area contributed by atoms with E-state index in [1.165, 1.54) is 11.8 Å². The predicted octanol–water partition coefficient (Wildman–Crippen LogP) is 3.43. The number of rotatable bonds is 11. The fraction of sp³-hybridized carbons (Fsp3) is 0.682. The van der Waals surface area contributed by atoms with Gasteiger partial charge in [0.2, 0.25) is 17.7 Å². The SMILES string of the molecule is CC(C)C[C@@H](C(=O)N[C@H](C(=O)NC1CC1)C(C)(C)C)[C@H](CSc1cccs1)C(=O)NO. The highest BCUT2D eigenvalue weighted by molar-refractivity contribution is 8.01. The lowest BCUT2D eigenvalue weighted by Crippen LogP contribution is -2.56. The summed E-state index contributed by atoms with van der Waals surface area (Å²) in [6.45, 7) is 9.70. The second kappa shape index (κ2) is 11.3. The molecule has 1 heterocycles. The van der Waals surface area contributed by atoms with Crippen molar-refractivity contribution in [1.29, 1.82) is 0 Å². The summed E-state index contributed by atoms with van der Waals surface area (Å²) in [5.41, 5.74) is 1.25. The molecule has 0 bridgehead atoms. The van der Waals surface area contributed by atoms with Crippen LogP contribution in [0.25, 0.3) is 0 Å². The van der Waals surface area contributed by atoms with E-state index >= 15 is 0 Å². The smallest absolute Gasteiger partial charge is 0.248 e. The molecule has 3 atom stereocenters. The number of carbonyl (C=O) groups is 3. The Hall–Kier alpha value is -1.58. The number of hydroxylamine groups is 1. The Balaban J connectivity index is 2.21. The average molecular weight is 470 g/mol. The lowest BCUT2D eigenvalue weighted by molar-refractivity contribution is -0.141. The van der Waals surface area contributed by atoms with E-state index in [0.717, 1.165) is 17.1 Å². The topological polar surface area (TPSA) is 108 Å². The highest BCUT2D eigenvalue weighted by atomic mass is 32.2. The van der Waals surface area contributed by atoms with Gasteiger partial charge in [0, 0.05) is 11.8 Å². The summed E-state index contributed by atoms with van der Waals surface area (Å²) >= 11 is 3.05. The van der Waals surface area contributed by atoms with Crippen molar-refractivity contribution in [2.24, 2.45) is 23.2 Å². The van der Waals surface area contributed by atoms with E-state index < -0.39 is 29.2 Å². The van der Waals surface area contributed by atoms with Gasteiger partial charge in [-0.1, -0.05) is 40.7 Å². The summed E-state index contributed by atoms with van der Waals surface area (Å²) in [6, 6.07) is 3.37. The Labute approximate surface area is 193 Å². The van der Waals surface area contributed by atoms with E-state index in [4.69, 9.17) is 0 Å². The predicted molar refractivity (Wildman–Crippen MR) is 124 cm³/mol. The first kappa shape index (κ1) is 25.7. The van der Waals surface area contributed by atoms with Crippen LogP contribution in [0.1, 0.15) is 53.9 Å². The summed E-state index contributed by atoms with van der Waals surface area (Å²) < 4.78 is 1.04. The first-order valence-electron chi connectivity index (χ1n) is 10.7. The van der Waals surface area contributed by atoms with Crippen LogP contribution in [-0.2, 0) is 14.4 Å². The van der Waals surface area contributed by atoms with Crippen molar-refractivity contribution >= 4 is 40.8 Å². The van der Waals surface area contributed by atoms with Crippen LogP contribution in [0.3, 0.4) is 0 Å². The van der Waals surface area contributed by atoms with Crippen LogP contribution in [0.5, 0.6) is 0 Å². The van der Waals surface area contributed by atoms with Gasteiger partial charge in [0.25, 0.3) is 0 Å². The Morgan fingerprint density at radius 2 is 1.84 bits per heavy atom. The Kier molecular flexibility index (Phi) is 9.39. The van der Waals surface area contributed by atoms with E-state index in [9.17, 15) is 19.6 Å². The lowest BCUT2D eigenvalue weighted by Gasteiger charge is -2.33. The van der Waals surface area contributed by atoms with Crippen molar-refractivity contribution < 1.29 is 19.6 Å². The van der Waals surface area contributed by atoms with Crippen LogP contribution in [-0.4, -0.2) is 40.8 Å². The summed E-state index contributed by atoms with van der Waals surface area (Å²) in [5.74, 6) is -2.00. The lowest BCUT2D eigenvalue weighted by atomic mass is 9.82. The summed E-state index contributed by atoms with van der Waals surface area (Å²) in [6.07, 6.45) is 2.40. The average Bonchev–Trinajstić information content (AvgIpc) is 3.34. The van der Waals surface area contributed by atoms with Gasteiger partial charge in [0.05, 0.1) is 16.0 Å². The zero-order valence-electron chi connectivity index (χ0n) is 18.9. The second-order valence-electron chi connectivity index (χ2n) is 9.65. The number of hydrogen-bond donors (Lipinski definition) is 4. The molecule has 0 saturated heterocycles. The van der Waals surface area contributed by atoms with Crippen molar-refractivity contribution in [1.82, 2.24) is 16.1 Å². The first-order chi connectivity index (χ1) is 14.5. The molecule has 1 fully saturated rings. The third-order valence-corrected chi connectivity index (χ3v) is 7.48. The van der Waals surface area contributed by atoms with Gasteiger partial charge < -0.3 is 10.6 Å². The minimum Gasteiger partial charge on any atom is -0.352 e. The molecule has 1 aliphatic carbocycles. The maximum Gasteiger partial charge on any atom is 0.248 e. The molecule has 1 saturated carbocycles. The maximum absolute atomic E-state index is 13.4. The normalized spacial score (nSPS) is 17.0. The van der Waals surface area contributed by atoms with Gasteiger partial charge >= 0.3 is 0 Å². The molecule has 3 amide bonds. The molecule has 1 aliphatic rings. The molecular weight excluding hydrogens is 434 g/mol. The van der Waals surface area contributed by atoms with E-state index in [1.54, 1.807) is 16.8 Å². The van der Waals surface area contributed by atoms with Crippen molar-refractivity contribution in [3.05, 3.63) is 17.5 Å². The van der Waals surface area contributed by atoms with Crippen molar-refractivity contribution in [2.75, 3.05) is 5.75 Å². The maximum atomic E-state index is 13.4. The minimum atomic E-state index is -0.730. The van der Waals surface area contributed by atoms with E-state index in [2.05, 4.69) is 10.6 Å². The van der Waals surface area contributed by atoms with Crippen molar-refractivity contribution in [2.45, 2.75) is 70.2 Å². The van der Waals surface area contributed by atoms with Gasteiger partial charge in [0.15, 0.2) is 0 Å². The van der Waals surface area contributed by atoms with Crippen LogP contribution >= 0.6 is 23.1 Å². The Bertz CT molecular complexity index is 742. The van der Waals surface area contributed by atoms with E-state index in [0.29, 0.717) is 12.2 Å². The van der Waals surface area contributed by atoms with Crippen LogP contribution in [0.2, 0.25) is 0 Å². The third kappa shape index (κ3) is 8.12. The fourth-order valence-electron chi connectivity index (χ4n) is 3.37. The second-order valence-corrected chi connectivity index (χ2v) is 11.9. The quantitative estimate of drug-likeness (QED) is 0.226. The Morgan fingerprint density at radius 3 is 2.32 bits per heavy atom. The molecule has 1 aromatic heterocycles. The highest BCUT2D eigenvalue weighted by Gasteiger charge is 2.40. The highest BCUT2D eigenvalue weighted by Crippen LogP contribution is 2.31. The number of nitrogens with one attached hydrogen (secondary N) is 3. The van der Waals surface area contributed by atoms with Crippen molar-refractivity contribution in [3.63, 3.8) is 0 Å². The molecule has 1 aromatic rings. The van der Waals surface area contributed by atoms with Gasteiger partial charge in [-0.25, -0.2) is 5.48 Å². The zero-order chi connectivity index (χ0) is 23.2. The standard InChI is InChI=1S/C22H35N3O4S2/c1-13(2)11-15(16(20(27)25-29)12-31-17-7-6-10-30-17)19(26)24-18(22(3,4)5)21(28)23-14-8-9-14/h6-7,10,13-16,18,29H,8-9,11-12H2,1-5H3,(H,23,28)(H,24,26)(H,25,27)/t15-,16+,18-/m1/s1. The molecule has 0 radical (unpaired) electrons. The van der Waals surface area contributed by atoms with Crippen LogP contribution in [0, 0.1) is 23.2 Å². The van der Waals surface area contributed by atoms with E-state index in [1.807, 2.05) is 52.1 Å². The van der Waals surface area contributed by atoms with Gasteiger partial charge in [-0.2, -0.15) is 0 Å². The van der Waals surface area contributed by atoms with Gasteiger partial charge in [-0.3, -0.25) is 19.6 Å². The number of thiophene rings is 1. The Morgan fingerprint density at radius 1 is 1.16 bits per heavy atom.